The smallest absolute Gasteiger partial charge is 0.0540 e. The topological polar surface area (TPSA) is 3.24 Å². The summed E-state index contributed by atoms with van der Waals surface area (Å²) in [6, 6.07) is 61.3. The summed E-state index contributed by atoms with van der Waals surface area (Å²) >= 11 is 0. The molecule has 0 spiro atoms. The van der Waals surface area contributed by atoms with Crippen molar-refractivity contribution in [2.75, 3.05) is 4.90 Å². The van der Waals surface area contributed by atoms with E-state index >= 15 is 0 Å². The van der Waals surface area contributed by atoms with Gasteiger partial charge in [0.1, 0.15) is 0 Å². The molecule has 0 heterocycles. The molecule has 0 aromatic heterocycles. The number of nitrogens with zero attached hydrogens (tertiary/aromatic N) is 1. The van der Waals surface area contributed by atoms with Gasteiger partial charge in [-0.2, -0.15) is 0 Å². The van der Waals surface area contributed by atoms with Crippen LogP contribution in [0.2, 0.25) is 0 Å². The Morgan fingerprint density at radius 2 is 1.17 bits per heavy atom. The standard InChI is InChI=1S/C53H47N/c1-35-12-11-18-49-52(35)47-31-30-43(34-50(47)53(49,2)3)54(51-19-10-9-17-46(51)45-16-8-7-15-44(45)39-13-5-4-6-14-39)42-28-26-38(27-29-42)37-22-24-40(25-23-37)48-33-36-20-21-41(48)32-36/h4-19,22-31,34,36,41,48H,20-21,32-33H2,1-3H3. The summed E-state index contributed by atoms with van der Waals surface area (Å²) < 4.78 is 0. The van der Waals surface area contributed by atoms with E-state index in [4.69, 9.17) is 0 Å². The van der Waals surface area contributed by atoms with E-state index in [0.717, 1.165) is 29.1 Å². The summed E-state index contributed by atoms with van der Waals surface area (Å²) in [6.45, 7) is 7.01. The molecule has 7 aromatic carbocycles. The second-order valence-electron chi connectivity index (χ2n) is 16.6. The second kappa shape index (κ2) is 13.0. The molecule has 0 aliphatic heterocycles. The molecule has 3 aliphatic carbocycles. The lowest BCUT2D eigenvalue weighted by molar-refractivity contribution is 0.420. The maximum absolute atomic E-state index is 2.48. The van der Waals surface area contributed by atoms with E-state index in [0.29, 0.717) is 0 Å². The lowest BCUT2D eigenvalue weighted by Gasteiger charge is -2.30. The van der Waals surface area contributed by atoms with Gasteiger partial charge < -0.3 is 4.90 Å². The Hall–Kier alpha value is -5.66. The third kappa shape index (κ3) is 5.44. The number of benzene rings is 7. The van der Waals surface area contributed by atoms with Crippen LogP contribution in [0.15, 0.2) is 164 Å². The summed E-state index contributed by atoms with van der Waals surface area (Å²) in [5.41, 5.74) is 19.2. The maximum atomic E-state index is 2.48. The molecule has 3 unspecified atom stereocenters. The Kier molecular flexibility index (Phi) is 7.95. The molecule has 2 saturated carbocycles. The maximum Gasteiger partial charge on any atom is 0.0540 e. The van der Waals surface area contributed by atoms with E-state index in [1.807, 2.05) is 0 Å². The van der Waals surface area contributed by atoms with Crippen LogP contribution in [-0.4, -0.2) is 0 Å². The van der Waals surface area contributed by atoms with Crippen LogP contribution in [0, 0.1) is 18.8 Å². The molecule has 3 atom stereocenters. The molecule has 7 aromatic rings. The number of hydrogen-bond acceptors (Lipinski definition) is 1. The number of anilines is 3. The van der Waals surface area contributed by atoms with Gasteiger partial charge in [-0.05, 0) is 135 Å². The molecule has 3 aliphatic rings. The van der Waals surface area contributed by atoms with Crippen LogP contribution in [0.4, 0.5) is 17.1 Å². The zero-order valence-corrected chi connectivity index (χ0v) is 31.6. The van der Waals surface area contributed by atoms with Crippen molar-refractivity contribution in [3.63, 3.8) is 0 Å². The first-order chi connectivity index (χ1) is 26.4. The largest absolute Gasteiger partial charge is 0.310 e. The van der Waals surface area contributed by atoms with Gasteiger partial charge in [0.2, 0.25) is 0 Å². The van der Waals surface area contributed by atoms with Crippen LogP contribution in [0.5, 0.6) is 0 Å². The highest BCUT2D eigenvalue weighted by molar-refractivity contribution is 5.95. The summed E-state index contributed by atoms with van der Waals surface area (Å²) in [5.74, 6) is 2.62. The van der Waals surface area contributed by atoms with Crippen molar-refractivity contribution >= 4 is 17.1 Å². The molecule has 0 N–H and O–H groups in total. The van der Waals surface area contributed by atoms with Crippen LogP contribution in [0.25, 0.3) is 44.5 Å². The molecule has 1 nitrogen and oxygen atoms in total. The number of para-hydroxylation sites is 1. The van der Waals surface area contributed by atoms with Gasteiger partial charge in [0.05, 0.1) is 5.69 Å². The molecule has 2 fully saturated rings. The van der Waals surface area contributed by atoms with Crippen molar-refractivity contribution in [3.8, 4) is 44.5 Å². The van der Waals surface area contributed by atoms with Crippen molar-refractivity contribution in [1.29, 1.82) is 0 Å². The van der Waals surface area contributed by atoms with Crippen LogP contribution in [0.3, 0.4) is 0 Å². The quantitative estimate of drug-likeness (QED) is 0.160. The molecule has 10 rings (SSSR count). The summed E-state index contributed by atoms with van der Waals surface area (Å²) in [7, 11) is 0. The first-order valence-electron chi connectivity index (χ1n) is 19.9. The first kappa shape index (κ1) is 32.9. The van der Waals surface area contributed by atoms with E-state index in [2.05, 4.69) is 189 Å². The van der Waals surface area contributed by atoms with E-state index in [-0.39, 0.29) is 5.41 Å². The highest BCUT2D eigenvalue weighted by Crippen LogP contribution is 2.54. The van der Waals surface area contributed by atoms with Crippen LogP contribution in [0.1, 0.15) is 67.7 Å². The fourth-order valence-electron chi connectivity index (χ4n) is 10.4. The van der Waals surface area contributed by atoms with Crippen molar-refractivity contribution in [2.45, 2.75) is 57.8 Å². The fraction of sp³-hybridized carbons (Fsp3) is 0.208. The number of hydrogen-bond donors (Lipinski definition) is 0. The summed E-state index contributed by atoms with van der Waals surface area (Å²) in [5, 5.41) is 0. The minimum Gasteiger partial charge on any atom is -0.310 e. The Morgan fingerprint density at radius 3 is 1.89 bits per heavy atom. The van der Waals surface area contributed by atoms with Crippen molar-refractivity contribution in [3.05, 3.63) is 186 Å². The van der Waals surface area contributed by atoms with E-state index in [1.54, 1.807) is 0 Å². The lowest BCUT2D eigenvalue weighted by atomic mass is 9.82. The predicted molar refractivity (Wildman–Crippen MR) is 228 cm³/mol. The van der Waals surface area contributed by atoms with Gasteiger partial charge in [-0.15, -0.1) is 0 Å². The van der Waals surface area contributed by atoms with Gasteiger partial charge in [0, 0.05) is 22.4 Å². The minimum absolute atomic E-state index is 0.105. The van der Waals surface area contributed by atoms with Crippen LogP contribution < -0.4 is 4.90 Å². The average Bonchev–Trinajstić information content (AvgIpc) is 3.92. The van der Waals surface area contributed by atoms with E-state index in [9.17, 15) is 0 Å². The Labute approximate surface area is 321 Å². The zero-order chi connectivity index (χ0) is 36.4. The van der Waals surface area contributed by atoms with Gasteiger partial charge in [0.25, 0.3) is 0 Å². The van der Waals surface area contributed by atoms with Crippen molar-refractivity contribution < 1.29 is 0 Å². The second-order valence-corrected chi connectivity index (χ2v) is 16.6. The Balaban J connectivity index is 1.09. The minimum atomic E-state index is -0.105. The third-order valence-corrected chi connectivity index (χ3v) is 13.1. The third-order valence-electron chi connectivity index (χ3n) is 13.1. The fourth-order valence-corrected chi connectivity index (χ4v) is 10.4. The number of rotatable bonds is 7. The Bertz CT molecular complexity index is 2490. The van der Waals surface area contributed by atoms with Crippen LogP contribution in [-0.2, 0) is 5.41 Å². The van der Waals surface area contributed by atoms with Gasteiger partial charge >= 0.3 is 0 Å². The number of aryl methyl sites for hydroxylation is 1. The van der Waals surface area contributed by atoms with Crippen molar-refractivity contribution in [2.24, 2.45) is 11.8 Å². The van der Waals surface area contributed by atoms with Crippen LogP contribution >= 0.6 is 0 Å². The average molecular weight is 698 g/mol. The lowest BCUT2D eigenvalue weighted by Crippen LogP contribution is -2.17. The molecule has 0 saturated heterocycles. The van der Waals surface area contributed by atoms with E-state index in [1.165, 1.54) is 98.1 Å². The number of fused-ring (bicyclic) bond motifs is 5. The monoisotopic (exact) mass is 697 g/mol. The van der Waals surface area contributed by atoms with Crippen molar-refractivity contribution in [1.82, 2.24) is 0 Å². The predicted octanol–water partition coefficient (Wildman–Crippen LogP) is 14.7. The Morgan fingerprint density at radius 1 is 0.500 bits per heavy atom. The molecule has 1 heteroatoms. The van der Waals surface area contributed by atoms with Gasteiger partial charge in [-0.1, -0.05) is 154 Å². The summed E-state index contributed by atoms with van der Waals surface area (Å²) in [4.78, 5) is 2.48. The molecule has 0 amide bonds. The molecule has 2 bridgehead atoms. The first-order valence-corrected chi connectivity index (χ1v) is 19.9. The molecular weight excluding hydrogens is 651 g/mol. The van der Waals surface area contributed by atoms with E-state index < -0.39 is 0 Å². The highest BCUT2D eigenvalue weighted by Gasteiger charge is 2.40. The van der Waals surface area contributed by atoms with Gasteiger partial charge in [0.15, 0.2) is 0 Å². The molecule has 54 heavy (non-hydrogen) atoms. The normalized spacial score (nSPS) is 19.1. The SMILES string of the molecule is Cc1cccc2c1-c1ccc(N(c3ccc(-c4ccc(C5CC6CCC5C6)cc4)cc3)c3ccccc3-c3ccccc3-c3ccccc3)cc1C2(C)C. The molecule has 0 radical (unpaired) electrons. The highest BCUT2D eigenvalue weighted by atomic mass is 15.1. The molecule has 264 valence electrons. The summed E-state index contributed by atoms with van der Waals surface area (Å²) in [6.07, 6.45) is 5.70. The zero-order valence-electron chi connectivity index (χ0n) is 31.6. The van der Waals surface area contributed by atoms with Gasteiger partial charge in [-0.25, -0.2) is 0 Å². The molecular formula is C53H47N. The van der Waals surface area contributed by atoms with Gasteiger partial charge in [-0.3, -0.25) is 0 Å².